The normalized spacial score (nSPS) is 14.2. The van der Waals surface area contributed by atoms with Gasteiger partial charge in [-0.3, -0.25) is 9.20 Å². The Labute approximate surface area is 128 Å². The number of rotatable bonds is 8. The predicted octanol–water partition coefficient (Wildman–Crippen LogP) is 1.46. The highest BCUT2D eigenvalue weighted by molar-refractivity contribution is 7.99. The van der Waals surface area contributed by atoms with Crippen molar-refractivity contribution in [3.05, 3.63) is 24.4 Å². The largest absolute Gasteiger partial charge is 0.368 e. The number of likely N-dealkylation sites (N-methyl/N-ethyl adjacent to an activating group) is 1. The van der Waals surface area contributed by atoms with E-state index in [-0.39, 0.29) is 5.91 Å². The Hall–Kier alpha value is -1.60. The van der Waals surface area contributed by atoms with E-state index in [1.807, 2.05) is 42.6 Å². The summed E-state index contributed by atoms with van der Waals surface area (Å²) >= 11 is 1.64. The number of nitrogens with zero attached hydrogens (tertiary/aromatic N) is 3. The number of nitrogens with one attached hydrogen (secondary N) is 1. The molecule has 0 bridgehead atoms. The summed E-state index contributed by atoms with van der Waals surface area (Å²) in [6, 6.07) is 5.81. The zero-order valence-electron chi connectivity index (χ0n) is 12.4. The van der Waals surface area contributed by atoms with E-state index in [0.29, 0.717) is 6.42 Å². The van der Waals surface area contributed by atoms with Crippen LogP contribution in [0.15, 0.2) is 29.6 Å². The van der Waals surface area contributed by atoms with Crippen LogP contribution in [-0.2, 0) is 4.79 Å². The van der Waals surface area contributed by atoms with Crippen molar-refractivity contribution in [2.45, 2.75) is 37.4 Å². The highest BCUT2D eigenvalue weighted by atomic mass is 32.2. The van der Waals surface area contributed by atoms with Crippen molar-refractivity contribution in [1.82, 2.24) is 19.9 Å². The van der Waals surface area contributed by atoms with Crippen LogP contribution in [0.3, 0.4) is 0 Å². The van der Waals surface area contributed by atoms with Crippen LogP contribution in [0, 0.1) is 0 Å². The van der Waals surface area contributed by atoms with E-state index in [1.54, 1.807) is 11.8 Å². The van der Waals surface area contributed by atoms with E-state index in [0.717, 1.165) is 29.5 Å². The van der Waals surface area contributed by atoms with Gasteiger partial charge in [-0.2, -0.15) is 0 Å². The molecule has 1 unspecified atom stereocenters. The van der Waals surface area contributed by atoms with Crippen molar-refractivity contribution >= 4 is 23.3 Å². The molecular formula is C14H21N5OS. The zero-order chi connectivity index (χ0) is 15.3. The van der Waals surface area contributed by atoms with Crippen molar-refractivity contribution < 1.29 is 4.79 Å². The lowest BCUT2D eigenvalue weighted by atomic mass is 9.95. The zero-order valence-corrected chi connectivity index (χ0v) is 13.2. The first-order valence-corrected chi connectivity index (χ1v) is 8.03. The Morgan fingerprint density at radius 3 is 3.00 bits per heavy atom. The number of primary amides is 1. The summed E-state index contributed by atoms with van der Waals surface area (Å²) in [7, 11) is 0. The van der Waals surface area contributed by atoms with Crippen molar-refractivity contribution in [2.24, 2.45) is 5.73 Å². The number of thioether (sulfide) groups is 1. The van der Waals surface area contributed by atoms with Gasteiger partial charge in [0.15, 0.2) is 10.8 Å². The molecule has 2 aromatic rings. The molecule has 0 spiro atoms. The highest BCUT2D eigenvalue weighted by Crippen LogP contribution is 2.20. The van der Waals surface area contributed by atoms with Crippen molar-refractivity contribution in [3.8, 4) is 0 Å². The molecule has 114 valence electrons. The second-order valence-corrected chi connectivity index (χ2v) is 6.15. The first-order chi connectivity index (χ1) is 10.1. The Morgan fingerprint density at radius 1 is 1.48 bits per heavy atom. The molecular weight excluding hydrogens is 286 g/mol. The van der Waals surface area contributed by atoms with Crippen LogP contribution in [-0.4, -0.2) is 38.3 Å². The van der Waals surface area contributed by atoms with Gasteiger partial charge < -0.3 is 11.1 Å². The molecule has 0 aliphatic rings. The smallest absolute Gasteiger partial charge is 0.237 e. The van der Waals surface area contributed by atoms with Gasteiger partial charge in [-0.1, -0.05) is 24.8 Å². The van der Waals surface area contributed by atoms with E-state index in [4.69, 9.17) is 5.73 Å². The third kappa shape index (κ3) is 3.74. The van der Waals surface area contributed by atoms with Gasteiger partial charge in [0.2, 0.25) is 5.91 Å². The molecule has 0 saturated carbocycles. The number of pyridine rings is 1. The molecule has 1 atom stereocenters. The average Bonchev–Trinajstić information content (AvgIpc) is 2.87. The quantitative estimate of drug-likeness (QED) is 0.569. The molecule has 0 saturated heterocycles. The summed E-state index contributed by atoms with van der Waals surface area (Å²) in [6.07, 6.45) is 3.53. The number of aromatic nitrogens is 3. The summed E-state index contributed by atoms with van der Waals surface area (Å²) in [5.41, 5.74) is 5.68. The second-order valence-electron chi connectivity index (χ2n) is 5.09. The third-order valence-corrected chi connectivity index (χ3v) is 4.47. The highest BCUT2D eigenvalue weighted by Gasteiger charge is 2.28. The van der Waals surface area contributed by atoms with Gasteiger partial charge in [-0.25, -0.2) is 0 Å². The standard InChI is InChI=1S/C14H21N5OS/c1-3-16-14(2,12(15)20)8-6-10-21-13-18-17-11-7-4-5-9-19(11)13/h4-5,7,9,16H,3,6,8,10H2,1-2H3,(H2,15,20). The van der Waals surface area contributed by atoms with Crippen molar-refractivity contribution in [2.75, 3.05) is 12.3 Å². The molecule has 6 nitrogen and oxygen atoms in total. The molecule has 0 aliphatic carbocycles. The minimum Gasteiger partial charge on any atom is -0.368 e. The molecule has 0 aliphatic heterocycles. The minimum absolute atomic E-state index is 0.303. The number of hydrogen-bond donors (Lipinski definition) is 2. The van der Waals surface area contributed by atoms with Crippen LogP contribution < -0.4 is 11.1 Å². The molecule has 2 rings (SSSR count). The summed E-state index contributed by atoms with van der Waals surface area (Å²) < 4.78 is 1.96. The first-order valence-electron chi connectivity index (χ1n) is 7.04. The molecule has 1 amide bonds. The lowest BCUT2D eigenvalue weighted by molar-refractivity contribution is -0.124. The van der Waals surface area contributed by atoms with Crippen LogP contribution in [0.1, 0.15) is 26.7 Å². The molecule has 21 heavy (non-hydrogen) atoms. The van der Waals surface area contributed by atoms with Gasteiger partial charge in [-0.15, -0.1) is 10.2 Å². The molecule has 2 aromatic heterocycles. The van der Waals surface area contributed by atoms with Crippen LogP contribution >= 0.6 is 11.8 Å². The SMILES string of the molecule is CCNC(C)(CCCSc1nnc2ccccn12)C(N)=O. The molecule has 2 heterocycles. The van der Waals surface area contributed by atoms with E-state index >= 15 is 0 Å². The molecule has 7 heteroatoms. The Balaban J connectivity index is 1.88. The number of carbonyl (C=O) groups excluding carboxylic acids is 1. The topological polar surface area (TPSA) is 85.3 Å². The van der Waals surface area contributed by atoms with Crippen LogP contribution in [0.2, 0.25) is 0 Å². The van der Waals surface area contributed by atoms with Gasteiger partial charge in [0.25, 0.3) is 0 Å². The Bertz CT molecular complexity index is 614. The van der Waals surface area contributed by atoms with Gasteiger partial charge >= 0.3 is 0 Å². The molecule has 0 radical (unpaired) electrons. The maximum absolute atomic E-state index is 11.5. The lowest BCUT2D eigenvalue weighted by Gasteiger charge is -2.26. The Morgan fingerprint density at radius 2 is 2.29 bits per heavy atom. The van der Waals surface area contributed by atoms with Gasteiger partial charge in [0.1, 0.15) is 0 Å². The van der Waals surface area contributed by atoms with E-state index < -0.39 is 5.54 Å². The van der Waals surface area contributed by atoms with Crippen molar-refractivity contribution in [3.63, 3.8) is 0 Å². The predicted molar refractivity (Wildman–Crippen MR) is 84.2 cm³/mol. The first kappa shape index (κ1) is 15.8. The lowest BCUT2D eigenvalue weighted by Crippen LogP contribution is -2.53. The van der Waals surface area contributed by atoms with Gasteiger partial charge in [0.05, 0.1) is 5.54 Å². The molecule has 0 fully saturated rings. The average molecular weight is 307 g/mol. The maximum atomic E-state index is 11.5. The number of carbonyl (C=O) groups is 1. The van der Waals surface area contributed by atoms with Crippen LogP contribution in [0.4, 0.5) is 0 Å². The van der Waals surface area contributed by atoms with E-state index in [2.05, 4.69) is 15.5 Å². The van der Waals surface area contributed by atoms with E-state index in [9.17, 15) is 4.79 Å². The molecule has 0 aromatic carbocycles. The fraction of sp³-hybridized carbons (Fsp3) is 0.500. The number of nitrogens with two attached hydrogens (primary N) is 1. The van der Waals surface area contributed by atoms with Gasteiger partial charge in [0, 0.05) is 11.9 Å². The maximum Gasteiger partial charge on any atom is 0.237 e. The number of hydrogen-bond acceptors (Lipinski definition) is 5. The monoisotopic (exact) mass is 307 g/mol. The number of amides is 1. The fourth-order valence-electron chi connectivity index (χ4n) is 2.20. The summed E-state index contributed by atoms with van der Waals surface area (Å²) in [5.74, 6) is 0.562. The second kappa shape index (κ2) is 6.91. The van der Waals surface area contributed by atoms with E-state index in [1.165, 1.54) is 0 Å². The number of fused-ring (bicyclic) bond motifs is 1. The fourth-order valence-corrected chi connectivity index (χ4v) is 3.06. The van der Waals surface area contributed by atoms with Crippen molar-refractivity contribution in [1.29, 1.82) is 0 Å². The molecule has 3 N–H and O–H groups in total. The van der Waals surface area contributed by atoms with Gasteiger partial charge in [-0.05, 0) is 38.4 Å². The minimum atomic E-state index is -0.637. The summed E-state index contributed by atoms with van der Waals surface area (Å²) in [5, 5.41) is 12.3. The third-order valence-electron chi connectivity index (χ3n) is 3.45. The van der Waals surface area contributed by atoms with Crippen LogP contribution in [0.25, 0.3) is 5.65 Å². The van der Waals surface area contributed by atoms with Crippen LogP contribution in [0.5, 0.6) is 0 Å². The Kier molecular flexibility index (Phi) is 5.19. The summed E-state index contributed by atoms with van der Waals surface area (Å²) in [6.45, 7) is 4.55. The summed E-state index contributed by atoms with van der Waals surface area (Å²) in [4.78, 5) is 11.5.